The van der Waals surface area contributed by atoms with Gasteiger partial charge in [-0.2, -0.15) is 0 Å². The fourth-order valence-corrected chi connectivity index (χ4v) is 2.66. The molecule has 0 bridgehead atoms. The van der Waals surface area contributed by atoms with Gasteiger partial charge in [0.1, 0.15) is 0 Å². The van der Waals surface area contributed by atoms with Crippen molar-refractivity contribution in [2.24, 2.45) is 5.73 Å². The molecule has 2 nitrogen and oxygen atoms in total. The number of benzene rings is 1. The summed E-state index contributed by atoms with van der Waals surface area (Å²) < 4.78 is 0. The van der Waals surface area contributed by atoms with Crippen molar-refractivity contribution in [3.05, 3.63) is 34.9 Å². The minimum Gasteiger partial charge on any atom is -0.329 e. The minimum absolute atomic E-state index is 0.646. The van der Waals surface area contributed by atoms with E-state index in [0.29, 0.717) is 6.04 Å². The van der Waals surface area contributed by atoms with Crippen molar-refractivity contribution < 1.29 is 0 Å². The van der Waals surface area contributed by atoms with Gasteiger partial charge < -0.3 is 5.73 Å². The summed E-state index contributed by atoms with van der Waals surface area (Å²) in [6.45, 7) is 11.7. The maximum atomic E-state index is 5.76. The van der Waals surface area contributed by atoms with Gasteiger partial charge in [0, 0.05) is 25.7 Å². The first-order chi connectivity index (χ1) is 8.63. The molecule has 1 aromatic rings. The first-order valence-electron chi connectivity index (χ1n) is 7.13. The van der Waals surface area contributed by atoms with Gasteiger partial charge in [-0.15, -0.1) is 0 Å². The first kappa shape index (κ1) is 15.2. The average Bonchev–Trinajstić information content (AvgIpc) is 2.35. The molecular formula is C16H28N2. The van der Waals surface area contributed by atoms with Gasteiger partial charge in [0.05, 0.1) is 0 Å². The molecule has 0 aliphatic carbocycles. The van der Waals surface area contributed by atoms with E-state index in [0.717, 1.165) is 19.6 Å². The lowest BCUT2D eigenvalue weighted by atomic mass is 10.0. The molecule has 0 aromatic heterocycles. The second-order valence-electron chi connectivity index (χ2n) is 5.10. The maximum Gasteiger partial charge on any atom is 0.0242 e. The quantitative estimate of drug-likeness (QED) is 0.802. The molecule has 0 heterocycles. The Morgan fingerprint density at radius 2 is 1.67 bits per heavy atom. The summed E-state index contributed by atoms with van der Waals surface area (Å²) in [5.41, 5.74) is 10.0. The smallest absolute Gasteiger partial charge is 0.0242 e. The second-order valence-corrected chi connectivity index (χ2v) is 5.10. The second kappa shape index (κ2) is 7.55. The highest BCUT2D eigenvalue weighted by Gasteiger charge is 2.16. The summed E-state index contributed by atoms with van der Waals surface area (Å²) in [6.07, 6.45) is 2.39. The molecule has 102 valence electrons. The Labute approximate surface area is 112 Å². The van der Waals surface area contributed by atoms with Gasteiger partial charge in [-0.3, -0.25) is 4.90 Å². The normalized spacial score (nSPS) is 11.5. The number of aryl methyl sites for hydroxylation is 2. The van der Waals surface area contributed by atoms with Crippen molar-refractivity contribution in [2.45, 2.75) is 53.1 Å². The Morgan fingerprint density at radius 3 is 2.11 bits per heavy atom. The van der Waals surface area contributed by atoms with Crippen molar-refractivity contribution in [3.8, 4) is 0 Å². The van der Waals surface area contributed by atoms with Crippen LogP contribution < -0.4 is 5.73 Å². The summed E-state index contributed by atoms with van der Waals surface area (Å²) in [5, 5.41) is 0. The fraction of sp³-hybridized carbons (Fsp3) is 0.625. The number of rotatable bonds is 7. The zero-order chi connectivity index (χ0) is 13.5. The van der Waals surface area contributed by atoms with E-state index in [-0.39, 0.29) is 0 Å². The maximum absolute atomic E-state index is 5.76. The number of hydrogen-bond donors (Lipinski definition) is 1. The molecule has 0 fully saturated rings. The van der Waals surface area contributed by atoms with E-state index in [2.05, 4.69) is 50.8 Å². The van der Waals surface area contributed by atoms with Crippen molar-refractivity contribution in [2.75, 3.05) is 13.1 Å². The van der Waals surface area contributed by atoms with Crippen LogP contribution in [0.5, 0.6) is 0 Å². The molecule has 1 aromatic carbocycles. The summed E-state index contributed by atoms with van der Waals surface area (Å²) in [5.74, 6) is 0. The highest BCUT2D eigenvalue weighted by molar-refractivity contribution is 5.33. The van der Waals surface area contributed by atoms with Gasteiger partial charge in [-0.1, -0.05) is 32.0 Å². The molecule has 2 heteroatoms. The predicted octanol–water partition coefficient (Wildman–Crippen LogP) is 3.25. The molecule has 0 saturated carbocycles. The Kier molecular flexibility index (Phi) is 6.37. The third-order valence-electron chi connectivity index (χ3n) is 3.88. The van der Waals surface area contributed by atoms with Gasteiger partial charge >= 0.3 is 0 Å². The third kappa shape index (κ3) is 3.82. The van der Waals surface area contributed by atoms with E-state index < -0.39 is 0 Å². The number of nitrogens with two attached hydrogens (primary N) is 1. The van der Waals surface area contributed by atoms with Crippen LogP contribution in [0.25, 0.3) is 0 Å². The molecule has 0 amide bonds. The molecule has 2 N–H and O–H groups in total. The Bertz CT molecular complexity index is 336. The summed E-state index contributed by atoms with van der Waals surface area (Å²) in [6, 6.07) is 7.19. The van der Waals surface area contributed by atoms with Gasteiger partial charge in [0.15, 0.2) is 0 Å². The summed E-state index contributed by atoms with van der Waals surface area (Å²) in [4.78, 5) is 2.54. The van der Waals surface area contributed by atoms with Crippen LogP contribution in [0.1, 0.15) is 43.4 Å². The van der Waals surface area contributed by atoms with E-state index in [9.17, 15) is 0 Å². The predicted molar refractivity (Wildman–Crippen MR) is 79.8 cm³/mol. The van der Waals surface area contributed by atoms with E-state index in [4.69, 9.17) is 5.73 Å². The van der Waals surface area contributed by atoms with Crippen molar-refractivity contribution in [1.82, 2.24) is 4.90 Å². The van der Waals surface area contributed by atoms with Crippen LogP contribution in [-0.4, -0.2) is 24.0 Å². The Morgan fingerprint density at radius 1 is 1.11 bits per heavy atom. The standard InChI is InChI=1S/C16H28N2/c1-5-15(6-2)18(11-10-17)12-16-13(3)8-7-9-14(16)4/h7-9,15H,5-6,10-12,17H2,1-4H3. The van der Waals surface area contributed by atoms with Crippen LogP contribution in [0, 0.1) is 13.8 Å². The van der Waals surface area contributed by atoms with Crippen LogP contribution >= 0.6 is 0 Å². The van der Waals surface area contributed by atoms with Crippen LogP contribution in [-0.2, 0) is 6.54 Å². The van der Waals surface area contributed by atoms with E-state index in [1.54, 1.807) is 0 Å². The summed E-state index contributed by atoms with van der Waals surface area (Å²) >= 11 is 0. The lowest BCUT2D eigenvalue weighted by molar-refractivity contribution is 0.181. The van der Waals surface area contributed by atoms with Crippen molar-refractivity contribution in [1.29, 1.82) is 0 Å². The largest absolute Gasteiger partial charge is 0.329 e. The van der Waals surface area contributed by atoms with Crippen LogP contribution in [0.2, 0.25) is 0 Å². The zero-order valence-electron chi connectivity index (χ0n) is 12.4. The minimum atomic E-state index is 0.646. The van der Waals surface area contributed by atoms with Gasteiger partial charge in [0.25, 0.3) is 0 Å². The van der Waals surface area contributed by atoms with Crippen molar-refractivity contribution in [3.63, 3.8) is 0 Å². The molecule has 0 aliphatic rings. The molecule has 1 rings (SSSR count). The van der Waals surface area contributed by atoms with Crippen LogP contribution in [0.3, 0.4) is 0 Å². The topological polar surface area (TPSA) is 29.3 Å². The lowest BCUT2D eigenvalue weighted by Crippen LogP contribution is -2.38. The fourth-order valence-electron chi connectivity index (χ4n) is 2.66. The van der Waals surface area contributed by atoms with E-state index in [1.165, 1.54) is 29.5 Å². The lowest BCUT2D eigenvalue weighted by Gasteiger charge is -2.31. The van der Waals surface area contributed by atoms with Crippen LogP contribution in [0.4, 0.5) is 0 Å². The highest BCUT2D eigenvalue weighted by Crippen LogP contribution is 2.19. The number of nitrogens with zero attached hydrogens (tertiary/aromatic N) is 1. The molecule has 0 atom stereocenters. The van der Waals surface area contributed by atoms with Crippen LogP contribution in [0.15, 0.2) is 18.2 Å². The summed E-state index contributed by atoms with van der Waals surface area (Å²) in [7, 11) is 0. The highest BCUT2D eigenvalue weighted by atomic mass is 15.2. The molecule has 0 saturated heterocycles. The van der Waals surface area contributed by atoms with E-state index >= 15 is 0 Å². The molecule has 18 heavy (non-hydrogen) atoms. The third-order valence-corrected chi connectivity index (χ3v) is 3.88. The Balaban J connectivity index is 2.89. The molecule has 0 unspecified atom stereocenters. The molecule has 0 spiro atoms. The van der Waals surface area contributed by atoms with Gasteiger partial charge in [-0.25, -0.2) is 0 Å². The first-order valence-corrected chi connectivity index (χ1v) is 7.13. The molecule has 0 radical (unpaired) electrons. The Hall–Kier alpha value is -0.860. The van der Waals surface area contributed by atoms with E-state index in [1.807, 2.05) is 0 Å². The number of hydrogen-bond acceptors (Lipinski definition) is 2. The van der Waals surface area contributed by atoms with Gasteiger partial charge in [-0.05, 0) is 43.4 Å². The zero-order valence-corrected chi connectivity index (χ0v) is 12.4. The molecular weight excluding hydrogens is 220 g/mol. The average molecular weight is 248 g/mol. The van der Waals surface area contributed by atoms with Gasteiger partial charge in [0.2, 0.25) is 0 Å². The molecule has 0 aliphatic heterocycles. The van der Waals surface area contributed by atoms with Crippen molar-refractivity contribution >= 4 is 0 Å². The SMILES string of the molecule is CCC(CC)N(CCN)Cc1c(C)cccc1C. The monoisotopic (exact) mass is 248 g/mol.